The highest BCUT2D eigenvalue weighted by Gasteiger charge is 2.48. The number of hydrogen-bond donors (Lipinski definition) is 0. The van der Waals surface area contributed by atoms with E-state index in [9.17, 15) is 0 Å². The van der Waals surface area contributed by atoms with Gasteiger partial charge in [-0.15, -0.1) is 0 Å². The lowest BCUT2D eigenvalue weighted by molar-refractivity contribution is 0.374. The van der Waals surface area contributed by atoms with Crippen molar-refractivity contribution >= 4 is 10.8 Å². The summed E-state index contributed by atoms with van der Waals surface area (Å²) in [6, 6.07) is 12.9. The lowest BCUT2D eigenvalue weighted by Crippen LogP contribution is -1.82. The molecule has 4 rings (SSSR count). The summed E-state index contributed by atoms with van der Waals surface area (Å²) in [5.74, 6) is 0. The molecule has 2 aliphatic rings. The van der Waals surface area contributed by atoms with Gasteiger partial charge in [-0.1, -0.05) is 36.4 Å². The molecule has 1 aliphatic heterocycles. The molecule has 1 saturated heterocycles. The molecule has 1 aliphatic carbocycles. The van der Waals surface area contributed by atoms with Crippen molar-refractivity contribution in [2.45, 2.75) is 12.2 Å². The van der Waals surface area contributed by atoms with E-state index in [0.717, 1.165) is 0 Å². The maximum absolute atomic E-state index is 5.57. The van der Waals surface area contributed by atoms with E-state index < -0.39 is 0 Å². The van der Waals surface area contributed by atoms with Crippen LogP contribution in [0.25, 0.3) is 10.8 Å². The molecule has 62 valence electrons. The van der Waals surface area contributed by atoms with Crippen LogP contribution in [0.15, 0.2) is 36.4 Å². The highest BCUT2D eigenvalue weighted by Crippen LogP contribution is 2.59. The van der Waals surface area contributed by atoms with Crippen LogP contribution in [0.1, 0.15) is 23.3 Å². The van der Waals surface area contributed by atoms with Gasteiger partial charge in [-0.25, -0.2) is 0 Å². The molecule has 2 atom stereocenters. The Morgan fingerprint density at radius 2 is 1.46 bits per heavy atom. The molecule has 1 heterocycles. The van der Waals surface area contributed by atoms with Gasteiger partial charge in [0, 0.05) is 0 Å². The third-order valence-corrected chi connectivity index (χ3v) is 3.07. The summed E-state index contributed by atoms with van der Waals surface area (Å²) in [5.41, 5.74) is 2.77. The summed E-state index contributed by atoms with van der Waals surface area (Å²) in [4.78, 5) is 0. The summed E-state index contributed by atoms with van der Waals surface area (Å²) >= 11 is 0. The maximum Gasteiger partial charge on any atom is 0.114 e. The first-order valence-electron chi connectivity index (χ1n) is 4.62. The Kier molecular flexibility index (Phi) is 0.843. The lowest BCUT2D eigenvalue weighted by Gasteiger charge is -2.03. The molecule has 1 heteroatoms. The molecular formula is C12H8O. The minimum absolute atomic E-state index is 0.376. The summed E-state index contributed by atoms with van der Waals surface area (Å²) in [7, 11) is 0. The number of ether oxygens (including phenoxy) is 1. The van der Waals surface area contributed by atoms with E-state index in [1.54, 1.807) is 0 Å². The summed E-state index contributed by atoms with van der Waals surface area (Å²) in [6.07, 6.45) is 0.752. The SMILES string of the molecule is c1cc2c3c(cccc3c1)C1OC21. The number of rotatable bonds is 0. The first-order chi connectivity index (χ1) is 6.45. The van der Waals surface area contributed by atoms with E-state index in [4.69, 9.17) is 4.74 Å². The Morgan fingerprint density at radius 1 is 0.846 bits per heavy atom. The molecule has 0 amide bonds. The molecule has 0 bridgehead atoms. The molecule has 1 fully saturated rings. The number of benzene rings is 2. The van der Waals surface area contributed by atoms with Gasteiger partial charge in [0.25, 0.3) is 0 Å². The third-order valence-electron chi connectivity index (χ3n) is 3.07. The van der Waals surface area contributed by atoms with Gasteiger partial charge in [0.2, 0.25) is 0 Å². The summed E-state index contributed by atoms with van der Waals surface area (Å²) in [5, 5.41) is 2.79. The minimum atomic E-state index is 0.376. The van der Waals surface area contributed by atoms with E-state index in [1.807, 2.05) is 0 Å². The van der Waals surface area contributed by atoms with Crippen LogP contribution < -0.4 is 0 Å². The third kappa shape index (κ3) is 0.595. The van der Waals surface area contributed by atoms with Crippen LogP contribution in [0.3, 0.4) is 0 Å². The normalized spacial score (nSPS) is 27.7. The zero-order valence-corrected chi connectivity index (χ0v) is 7.03. The Labute approximate surface area is 75.9 Å². The van der Waals surface area contributed by atoms with Crippen molar-refractivity contribution in [3.05, 3.63) is 47.5 Å². The van der Waals surface area contributed by atoms with Crippen molar-refractivity contribution in [1.29, 1.82) is 0 Å². The van der Waals surface area contributed by atoms with Gasteiger partial charge in [-0.3, -0.25) is 0 Å². The summed E-state index contributed by atoms with van der Waals surface area (Å²) in [6.45, 7) is 0. The topological polar surface area (TPSA) is 12.5 Å². The minimum Gasteiger partial charge on any atom is -0.359 e. The van der Waals surface area contributed by atoms with Crippen LogP contribution in [-0.4, -0.2) is 0 Å². The van der Waals surface area contributed by atoms with Gasteiger partial charge < -0.3 is 4.74 Å². The second-order valence-corrected chi connectivity index (χ2v) is 3.77. The second-order valence-electron chi connectivity index (χ2n) is 3.77. The van der Waals surface area contributed by atoms with E-state index >= 15 is 0 Å². The predicted octanol–water partition coefficient (Wildman–Crippen LogP) is 2.97. The van der Waals surface area contributed by atoms with E-state index in [1.165, 1.54) is 21.9 Å². The Balaban J connectivity index is 2.29. The average molecular weight is 168 g/mol. The first kappa shape index (κ1) is 6.17. The van der Waals surface area contributed by atoms with Crippen molar-refractivity contribution < 1.29 is 4.74 Å². The summed E-state index contributed by atoms with van der Waals surface area (Å²) < 4.78 is 5.57. The van der Waals surface area contributed by atoms with Gasteiger partial charge in [-0.2, -0.15) is 0 Å². The molecule has 13 heavy (non-hydrogen) atoms. The zero-order chi connectivity index (χ0) is 8.41. The smallest absolute Gasteiger partial charge is 0.114 e. The zero-order valence-electron chi connectivity index (χ0n) is 7.03. The van der Waals surface area contributed by atoms with Crippen LogP contribution in [-0.2, 0) is 4.74 Å². The molecule has 0 spiro atoms. The van der Waals surface area contributed by atoms with Crippen LogP contribution in [0.5, 0.6) is 0 Å². The van der Waals surface area contributed by atoms with Crippen LogP contribution in [0.4, 0.5) is 0 Å². The first-order valence-corrected chi connectivity index (χ1v) is 4.62. The van der Waals surface area contributed by atoms with Crippen molar-refractivity contribution in [2.24, 2.45) is 0 Å². The van der Waals surface area contributed by atoms with Crippen molar-refractivity contribution in [1.82, 2.24) is 0 Å². The van der Waals surface area contributed by atoms with Crippen LogP contribution in [0.2, 0.25) is 0 Å². The molecular weight excluding hydrogens is 160 g/mol. The number of hydrogen-bond acceptors (Lipinski definition) is 1. The van der Waals surface area contributed by atoms with Gasteiger partial charge >= 0.3 is 0 Å². The highest BCUT2D eigenvalue weighted by molar-refractivity contribution is 5.92. The standard InChI is InChI=1S/C12H8O/c1-3-7-4-2-6-9-10(7)8(5-1)11-12(9)13-11/h1-6,11-12H. The lowest BCUT2D eigenvalue weighted by atomic mass is 10.0. The van der Waals surface area contributed by atoms with Gasteiger partial charge in [0.15, 0.2) is 0 Å². The molecule has 0 saturated carbocycles. The van der Waals surface area contributed by atoms with Crippen molar-refractivity contribution in [2.75, 3.05) is 0 Å². The van der Waals surface area contributed by atoms with Crippen LogP contribution >= 0.6 is 0 Å². The van der Waals surface area contributed by atoms with E-state index in [0.29, 0.717) is 12.2 Å². The van der Waals surface area contributed by atoms with Gasteiger partial charge in [-0.05, 0) is 21.9 Å². The molecule has 2 aromatic carbocycles. The number of fused-ring (bicyclic) bond motifs is 3. The van der Waals surface area contributed by atoms with E-state index in [2.05, 4.69) is 36.4 Å². The van der Waals surface area contributed by atoms with Crippen molar-refractivity contribution in [3.63, 3.8) is 0 Å². The Bertz CT molecular complexity index is 473. The molecule has 2 unspecified atom stereocenters. The number of epoxide rings is 1. The molecule has 0 N–H and O–H groups in total. The molecule has 0 radical (unpaired) electrons. The van der Waals surface area contributed by atoms with Gasteiger partial charge in [0.1, 0.15) is 12.2 Å². The Morgan fingerprint density at radius 3 is 2.08 bits per heavy atom. The average Bonchev–Trinajstić information content (AvgIpc) is 2.90. The van der Waals surface area contributed by atoms with Crippen LogP contribution in [0, 0.1) is 0 Å². The maximum atomic E-state index is 5.57. The monoisotopic (exact) mass is 168 g/mol. The quantitative estimate of drug-likeness (QED) is 0.551. The fraction of sp³-hybridized carbons (Fsp3) is 0.167. The highest BCUT2D eigenvalue weighted by atomic mass is 16.6. The van der Waals surface area contributed by atoms with Crippen molar-refractivity contribution in [3.8, 4) is 0 Å². The second kappa shape index (κ2) is 1.78. The van der Waals surface area contributed by atoms with Gasteiger partial charge in [0.05, 0.1) is 0 Å². The fourth-order valence-electron chi connectivity index (χ4n) is 2.46. The molecule has 1 nitrogen and oxygen atoms in total. The fourth-order valence-corrected chi connectivity index (χ4v) is 2.46. The Hall–Kier alpha value is -1.34. The molecule has 0 aromatic heterocycles. The molecule has 2 aromatic rings. The largest absolute Gasteiger partial charge is 0.359 e. The van der Waals surface area contributed by atoms with E-state index in [-0.39, 0.29) is 0 Å². The predicted molar refractivity (Wildman–Crippen MR) is 50.5 cm³/mol.